The minimum absolute atomic E-state index is 0.399. The van der Waals surface area contributed by atoms with Crippen molar-refractivity contribution in [3.8, 4) is 0 Å². The van der Waals surface area contributed by atoms with Gasteiger partial charge in [-0.05, 0) is 12.6 Å². The number of thiocarbonyl (C=S) groups is 1. The number of hydrogen-bond acceptors (Lipinski definition) is 3. The molecule has 2 N–H and O–H groups in total. The van der Waals surface area contributed by atoms with Gasteiger partial charge in [-0.15, -0.1) is 0 Å². The monoisotopic (exact) mass is 249 g/mol. The molecular formula is C13H19N3S. The molecule has 92 valence electrons. The highest BCUT2D eigenvalue weighted by atomic mass is 32.1. The number of hydrogen-bond donors (Lipinski definition) is 1. The first-order valence-electron chi connectivity index (χ1n) is 5.92. The van der Waals surface area contributed by atoms with Crippen molar-refractivity contribution in [2.24, 2.45) is 5.73 Å². The van der Waals surface area contributed by atoms with Crippen LogP contribution >= 0.6 is 12.2 Å². The third-order valence-electron chi connectivity index (χ3n) is 3.24. The van der Waals surface area contributed by atoms with Crippen LogP contribution in [0.1, 0.15) is 11.6 Å². The van der Waals surface area contributed by atoms with Crippen molar-refractivity contribution in [3.05, 3.63) is 35.9 Å². The first kappa shape index (κ1) is 12.5. The minimum atomic E-state index is 0.399. The van der Waals surface area contributed by atoms with Crippen LogP contribution in [0.3, 0.4) is 0 Å². The molecule has 4 heteroatoms. The molecule has 1 aliphatic heterocycles. The standard InChI is InChI=1S/C13H19N3S/c1-15-7-8-16(10-13(14)17)12(9-15)11-5-3-2-4-6-11/h2-6,12H,7-10H2,1H3,(H2,14,17). The minimum Gasteiger partial charge on any atom is -0.392 e. The van der Waals surface area contributed by atoms with Crippen LogP contribution in [0.5, 0.6) is 0 Å². The second-order valence-electron chi connectivity index (χ2n) is 4.63. The van der Waals surface area contributed by atoms with Crippen molar-refractivity contribution in [1.82, 2.24) is 9.80 Å². The normalized spacial score (nSPS) is 22.5. The van der Waals surface area contributed by atoms with E-state index in [1.165, 1.54) is 5.56 Å². The Labute approximate surface area is 108 Å². The Morgan fingerprint density at radius 3 is 2.71 bits per heavy atom. The Balaban J connectivity index is 2.17. The van der Waals surface area contributed by atoms with E-state index in [-0.39, 0.29) is 0 Å². The van der Waals surface area contributed by atoms with E-state index in [9.17, 15) is 0 Å². The summed E-state index contributed by atoms with van der Waals surface area (Å²) in [5, 5.41) is 0. The quantitative estimate of drug-likeness (QED) is 0.818. The van der Waals surface area contributed by atoms with Gasteiger partial charge >= 0.3 is 0 Å². The maximum absolute atomic E-state index is 5.67. The van der Waals surface area contributed by atoms with Gasteiger partial charge in [-0.3, -0.25) is 4.90 Å². The molecule has 0 saturated carbocycles. The molecule has 2 rings (SSSR count). The number of likely N-dealkylation sites (N-methyl/N-ethyl adjacent to an activating group) is 1. The lowest BCUT2D eigenvalue weighted by atomic mass is 10.0. The molecule has 1 atom stereocenters. The van der Waals surface area contributed by atoms with Crippen molar-refractivity contribution in [3.63, 3.8) is 0 Å². The van der Waals surface area contributed by atoms with Gasteiger partial charge in [-0.1, -0.05) is 42.5 Å². The average molecular weight is 249 g/mol. The van der Waals surface area contributed by atoms with Crippen LogP contribution < -0.4 is 5.73 Å². The van der Waals surface area contributed by atoms with E-state index in [1.54, 1.807) is 0 Å². The Hall–Kier alpha value is -0.970. The largest absolute Gasteiger partial charge is 0.392 e. The topological polar surface area (TPSA) is 32.5 Å². The van der Waals surface area contributed by atoms with Gasteiger partial charge in [-0.25, -0.2) is 0 Å². The van der Waals surface area contributed by atoms with Crippen molar-refractivity contribution in [2.45, 2.75) is 6.04 Å². The van der Waals surface area contributed by atoms with Gasteiger partial charge in [0.25, 0.3) is 0 Å². The molecule has 1 aromatic carbocycles. The predicted octanol–water partition coefficient (Wildman–Crippen LogP) is 1.26. The zero-order valence-corrected chi connectivity index (χ0v) is 11.0. The smallest absolute Gasteiger partial charge is 0.0870 e. The first-order valence-corrected chi connectivity index (χ1v) is 6.33. The summed E-state index contributed by atoms with van der Waals surface area (Å²) >= 11 is 5.03. The Morgan fingerprint density at radius 1 is 1.35 bits per heavy atom. The number of benzene rings is 1. The van der Waals surface area contributed by atoms with Crippen molar-refractivity contribution in [1.29, 1.82) is 0 Å². The Bertz CT molecular complexity index is 380. The molecule has 1 aliphatic rings. The van der Waals surface area contributed by atoms with Crippen LogP contribution in [-0.2, 0) is 0 Å². The molecule has 17 heavy (non-hydrogen) atoms. The highest BCUT2D eigenvalue weighted by Crippen LogP contribution is 2.24. The average Bonchev–Trinajstić information content (AvgIpc) is 2.32. The van der Waals surface area contributed by atoms with Crippen LogP contribution in [0.4, 0.5) is 0 Å². The maximum Gasteiger partial charge on any atom is 0.0870 e. The van der Waals surface area contributed by atoms with E-state index in [0.29, 0.717) is 17.6 Å². The van der Waals surface area contributed by atoms with Gasteiger partial charge in [0.2, 0.25) is 0 Å². The Morgan fingerprint density at radius 2 is 2.06 bits per heavy atom. The third kappa shape index (κ3) is 3.25. The van der Waals surface area contributed by atoms with Crippen molar-refractivity contribution < 1.29 is 0 Å². The molecule has 0 amide bonds. The van der Waals surface area contributed by atoms with Crippen LogP contribution in [0.2, 0.25) is 0 Å². The summed E-state index contributed by atoms with van der Waals surface area (Å²) in [6.07, 6.45) is 0. The van der Waals surface area contributed by atoms with Gasteiger partial charge in [0.15, 0.2) is 0 Å². The van der Waals surface area contributed by atoms with Gasteiger partial charge in [-0.2, -0.15) is 0 Å². The number of nitrogens with zero attached hydrogens (tertiary/aromatic N) is 2. The van der Waals surface area contributed by atoms with Crippen LogP contribution in [0.15, 0.2) is 30.3 Å². The lowest BCUT2D eigenvalue weighted by Gasteiger charge is -2.40. The highest BCUT2D eigenvalue weighted by molar-refractivity contribution is 7.80. The molecule has 1 aromatic rings. The number of piperazine rings is 1. The lowest BCUT2D eigenvalue weighted by Crippen LogP contribution is -2.49. The van der Waals surface area contributed by atoms with E-state index >= 15 is 0 Å². The zero-order valence-electron chi connectivity index (χ0n) is 10.2. The summed E-state index contributed by atoms with van der Waals surface area (Å²) < 4.78 is 0. The van der Waals surface area contributed by atoms with Crippen molar-refractivity contribution >= 4 is 17.2 Å². The van der Waals surface area contributed by atoms with Crippen LogP contribution in [-0.4, -0.2) is 48.0 Å². The Kier molecular flexibility index (Phi) is 4.10. The summed E-state index contributed by atoms with van der Waals surface area (Å²) in [5.74, 6) is 0. The van der Waals surface area contributed by atoms with Crippen LogP contribution in [0, 0.1) is 0 Å². The summed E-state index contributed by atoms with van der Waals surface area (Å²) in [6, 6.07) is 11.0. The van der Waals surface area contributed by atoms with Gasteiger partial charge in [0.05, 0.1) is 4.99 Å². The molecule has 0 spiro atoms. The molecule has 1 unspecified atom stereocenters. The first-order chi connectivity index (χ1) is 8.16. The molecular weight excluding hydrogens is 230 g/mol. The zero-order chi connectivity index (χ0) is 12.3. The molecule has 1 fully saturated rings. The fraction of sp³-hybridized carbons (Fsp3) is 0.462. The summed E-state index contributed by atoms with van der Waals surface area (Å²) in [6.45, 7) is 3.84. The molecule has 3 nitrogen and oxygen atoms in total. The van der Waals surface area contributed by atoms with Crippen molar-refractivity contribution in [2.75, 3.05) is 33.2 Å². The maximum atomic E-state index is 5.67. The second-order valence-corrected chi connectivity index (χ2v) is 5.15. The van der Waals surface area contributed by atoms with Gasteiger partial charge < -0.3 is 10.6 Å². The number of nitrogens with two attached hydrogens (primary N) is 1. The highest BCUT2D eigenvalue weighted by Gasteiger charge is 2.26. The summed E-state index contributed by atoms with van der Waals surface area (Å²) in [4.78, 5) is 5.31. The van der Waals surface area contributed by atoms with E-state index in [2.05, 4.69) is 41.1 Å². The lowest BCUT2D eigenvalue weighted by molar-refractivity contribution is 0.105. The fourth-order valence-corrected chi connectivity index (χ4v) is 2.50. The molecule has 0 aromatic heterocycles. The summed E-state index contributed by atoms with van der Waals surface area (Å²) in [7, 11) is 2.16. The third-order valence-corrected chi connectivity index (χ3v) is 3.37. The predicted molar refractivity (Wildman–Crippen MR) is 75.0 cm³/mol. The van der Waals surface area contributed by atoms with Gasteiger partial charge in [0.1, 0.15) is 0 Å². The van der Waals surface area contributed by atoms with Gasteiger partial charge in [0, 0.05) is 32.2 Å². The summed E-state index contributed by atoms with van der Waals surface area (Å²) in [5.41, 5.74) is 7.02. The molecule has 1 saturated heterocycles. The van der Waals surface area contributed by atoms with E-state index in [1.807, 2.05) is 6.07 Å². The molecule has 0 radical (unpaired) electrons. The van der Waals surface area contributed by atoms with E-state index < -0.39 is 0 Å². The SMILES string of the molecule is CN1CCN(CC(N)=S)C(c2ccccc2)C1. The number of rotatable bonds is 3. The molecule has 0 bridgehead atoms. The second kappa shape index (κ2) is 5.58. The van der Waals surface area contributed by atoms with E-state index in [0.717, 1.165) is 19.6 Å². The molecule has 1 heterocycles. The van der Waals surface area contributed by atoms with E-state index in [4.69, 9.17) is 18.0 Å². The van der Waals surface area contributed by atoms with Crippen LogP contribution in [0.25, 0.3) is 0 Å². The molecule has 0 aliphatic carbocycles. The fourth-order valence-electron chi connectivity index (χ4n) is 2.34.